The lowest BCUT2D eigenvalue weighted by atomic mass is 10.0. The van der Waals surface area contributed by atoms with E-state index in [2.05, 4.69) is 86.9 Å². The van der Waals surface area contributed by atoms with Crippen molar-refractivity contribution in [3.8, 4) is 0 Å². The van der Waals surface area contributed by atoms with Gasteiger partial charge in [0.15, 0.2) is 0 Å². The Balaban J connectivity index is 2.23. The molecule has 0 saturated carbocycles. The van der Waals surface area contributed by atoms with Crippen LogP contribution in [0.2, 0.25) is 13.1 Å². The molecule has 0 amide bonds. The highest BCUT2D eigenvalue weighted by Crippen LogP contribution is 2.23. The Kier molecular flexibility index (Phi) is 7.45. The smallest absolute Gasteiger partial charge is 0.103 e. The Morgan fingerprint density at radius 1 is 0.960 bits per heavy atom. The molecule has 0 saturated heterocycles. The third-order valence-electron chi connectivity index (χ3n) is 4.81. The molecule has 0 bridgehead atoms. The maximum atomic E-state index is 3.97. The summed E-state index contributed by atoms with van der Waals surface area (Å²) in [4.78, 5) is 0. The Morgan fingerprint density at radius 2 is 1.64 bits per heavy atom. The van der Waals surface area contributed by atoms with Gasteiger partial charge in [-0.3, -0.25) is 0 Å². The Morgan fingerprint density at radius 3 is 2.24 bits per heavy atom. The molecule has 0 spiro atoms. The molecular weight excluding hydrogens is 316 g/mol. The zero-order valence-electron chi connectivity index (χ0n) is 16.1. The number of aryl methyl sites for hydroxylation is 1. The van der Waals surface area contributed by atoms with Crippen molar-refractivity contribution in [2.45, 2.75) is 52.1 Å². The predicted octanol–water partition coefficient (Wildman–Crippen LogP) is 6.53. The number of benzene rings is 2. The number of unbranched alkanes of at least 4 members (excludes halogenated alkanes) is 2. The predicted molar refractivity (Wildman–Crippen MR) is 116 cm³/mol. The molecule has 0 N–H and O–H groups in total. The van der Waals surface area contributed by atoms with Crippen molar-refractivity contribution < 1.29 is 0 Å². The second-order valence-electron chi connectivity index (χ2n) is 7.40. The van der Waals surface area contributed by atoms with E-state index in [0.717, 1.165) is 6.42 Å². The number of allylic oxidation sites excluding steroid dienone is 2. The first kappa shape index (κ1) is 19.5. The molecule has 2 rings (SSSR count). The SMILES string of the molecule is C=CC/C(=C\[Si](C)(C)c1ccccc1)c1ccc(CCCCC)cc1. The van der Waals surface area contributed by atoms with Gasteiger partial charge < -0.3 is 0 Å². The van der Waals surface area contributed by atoms with Crippen LogP contribution >= 0.6 is 0 Å². The Labute approximate surface area is 155 Å². The van der Waals surface area contributed by atoms with Crippen LogP contribution in [0.25, 0.3) is 5.57 Å². The van der Waals surface area contributed by atoms with Crippen LogP contribution in [0.3, 0.4) is 0 Å². The minimum atomic E-state index is -1.61. The molecule has 2 aromatic carbocycles. The molecule has 0 unspecified atom stereocenters. The van der Waals surface area contributed by atoms with Crippen LogP contribution in [0.1, 0.15) is 43.7 Å². The van der Waals surface area contributed by atoms with Crippen molar-refractivity contribution >= 4 is 18.8 Å². The van der Waals surface area contributed by atoms with Crippen LogP contribution in [0.5, 0.6) is 0 Å². The average molecular weight is 349 g/mol. The molecule has 25 heavy (non-hydrogen) atoms. The van der Waals surface area contributed by atoms with Gasteiger partial charge in [0.1, 0.15) is 8.07 Å². The largest absolute Gasteiger partial charge is 0.104 e. The maximum absolute atomic E-state index is 3.97. The summed E-state index contributed by atoms with van der Waals surface area (Å²) in [5.41, 5.74) is 6.75. The lowest BCUT2D eigenvalue weighted by molar-refractivity contribution is 0.717. The van der Waals surface area contributed by atoms with Crippen molar-refractivity contribution in [2.75, 3.05) is 0 Å². The summed E-state index contributed by atoms with van der Waals surface area (Å²) in [6, 6.07) is 20.1. The van der Waals surface area contributed by atoms with Gasteiger partial charge in [-0.05, 0) is 36.0 Å². The number of rotatable bonds is 9. The second kappa shape index (κ2) is 9.58. The maximum Gasteiger partial charge on any atom is 0.104 e. The zero-order chi connectivity index (χ0) is 18.1. The molecule has 0 aliphatic carbocycles. The van der Waals surface area contributed by atoms with E-state index in [9.17, 15) is 0 Å². The summed E-state index contributed by atoms with van der Waals surface area (Å²) in [7, 11) is -1.61. The molecule has 0 radical (unpaired) electrons. The summed E-state index contributed by atoms with van der Waals surface area (Å²) >= 11 is 0. The molecule has 1 heteroatoms. The van der Waals surface area contributed by atoms with Crippen LogP contribution in [0.15, 0.2) is 73.0 Å². The lowest BCUT2D eigenvalue weighted by Gasteiger charge is -2.21. The molecular formula is C24H32Si. The first-order chi connectivity index (χ1) is 12.1. The Bertz CT molecular complexity index is 678. The monoisotopic (exact) mass is 348 g/mol. The van der Waals surface area contributed by atoms with Gasteiger partial charge in [-0.1, -0.05) is 104 Å². The van der Waals surface area contributed by atoms with E-state index in [1.54, 1.807) is 0 Å². The molecule has 2 aromatic rings. The van der Waals surface area contributed by atoms with Crippen LogP contribution in [0.4, 0.5) is 0 Å². The van der Waals surface area contributed by atoms with Gasteiger partial charge in [-0.2, -0.15) is 0 Å². The van der Waals surface area contributed by atoms with Crippen LogP contribution in [0, 0.1) is 0 Å². The van der Waals surface area contributed by atoms with E-state index in [4.69, 9.17) is 0 Å². The summed E-state index contributed by atoms with van der Waals surface area (Å²) in [6.45, 7) is 11.1. The highest BCUT2D eigenvalue weighted by molar-refractivity contribution is 6.94. The first-order valence-electron chi connectivity index (χ1n) is 9.54. The van der Waals surface area contributed by atoms with E-state index in [1.807, 2.05) is 6.08 Å². The van der Waals surface area contributed by atoms with E-state index < -0.39 is 8.07 Å². The van der Waals surface area contributed by atoms with Gasteiger partial charge >= 0.3 is 0 Å². The molecule has 0 aromatic heterocycles. The van der Waals surface area contributed by atoms with Gasteiger partial charge in [0.25, 0.3) is 0 Å². The lowest BCUT2D eigenvalue weighted by Crippen LogP contribution is -2.39. The number of hydrogen-bond donors (Lipinski definition) is 0. The molecule has 0 fully saturated rings. The van der Waals surface area contributed by atoms with Crippen LogP contribution in [-0.4, -0.2) is 8.07 Å². The van der Waals surface area contributed by atoms with Crippen molar-refractivity contribution in [3.63, 3.8) is 0 Å². The van der Waals surface area contributed by atoms with E-state index in [1.165, 1.54) is 47.6 Å². The van der Waals surface area contributed by atoms with Crippen molar-refractivity contribution in [2.24, 2.45) is 0 Å². The quantitative estimate of drug-likeness (QED) is 0.274. The normalized spacial score (nSPS) is 12.2. The summed E-state index contributed by atoms with van der Waals surface area (Å²) in [6.07, 6.45) is 8.04. The Hall–Kier alpha value is -1.86. The minimum Gasteiger partial charge on any atom is -0.103 e. The van der Waals surface area contributed by atoms with Gasteiger partial charge in [0.2, 0.25) is 0 Å². The summed E-state index contributed by atoms with van der Waals surface area (Å²) in [5, 5.41) is 1.48. The van der Waals surface area contributed by atoms with E-state index in [-0.39, 0.29) is 0 Å². The molecule has 0 aliphatic rings. The molecule has 0 atom stereocenters. The molecule has 0 nitrogen and oxygen atoms in total. The average Bonchev–Trinajstić information content (AvgIpc) is 2.63. The summed E-state index contributed by atoms with van der Waals surface area (Å²) < 4.78 is 0. The van der Waals surface area contributed by atoms with Crippen LogP contribution < -0.4 is 5.19 Å². The highest BCUT2D eigenvalue weighted by atomic mass is 28.3. The number of hydrogen-bond acceptors (Lipinski definition) is 0. The fourth-order valence-corrected chi connectivity index (χ4v) is 5.64. The van der Waals surface area contributed by atoms with Gasteiger partial charge in [0, 0.05) is 0 Å². The standard InChI is InChI=1S/C24H32Si/c1-5-7-9-13-21-16-18-22(19-17-21)23(12-6-2)20-25(3,4)24-14-10-8-11-15-24/h6,8,10-11,14-20H,2,5,7,9,12-13H2,1,3-4H3/b23-20+. The van der Waals surface area contributed by atoms with Crippen molar-refractivity contribution in [3.05, 3.63) is 84.1 Å². The fraction of sp³-hybridized carbons (Fsp3) is 0.333. The van der Waals surface area contributed by atoms with E-state index in [0.29, 0.717) is 0 Å². The topological polar surface area (TPSA) is 0 Å². The molecule has 0 aliphatic heterocycles. The first-order valence-corrected chi connectivity index (χ1v) is 12.6. The van der Waals surface area contributed by atoms with Gasteiger partial charge in [-0.25, -0.2) is 0 Å². The molecule has 0 heterocycles. The van der Waals surface area contributed by atoms with Gasteiger partial charge in [-0.15, -0.1) is 6.58 Å². The molecule has 132 valence electrons. The summed E-state index contributed by atoms with van der Waals surface area (Å²) in [5.74, 6) is 0. The fourth-order valence-electron chi connectivity index (χ4n) is 3.27. The highest BCUT2D eigenvalue weighted by Gasteiger charge is 2.21. The zero-order valence-corrected chi connectivity index (χ0v) is 17.1. The third kappa shape index (κ3) is 5.86. The van der Waals surface area contributed by atoms with E-state index >= 15 is 0 Å². The third-order valence-corrected chi connectivity index (χ3v) is 7.70. The second-order valence-corrected chi connectivity index (χ2v) is 11.7. The van der Waals surface area contributed by atoms with Crippen molar-refractivity contribution in [1.29, 1.82) is 0 Å². The van der Waals surface area contributed by atoms with Crippen LogP contribution in [-0.2, 0) is 6.42 Å². The van der Waals surface area contributed by atoms with Gasteiger partial charge in [0.05, 0.1) is 0 Å². The van der Waals surface area contributed by atoms with Crippen molar-refractivity contribution in [1.82, 2.24) is 0 Å². The minimum absolute atomic E-state index is 0.929.